The number of rotatable bonds is 0. The Bertz CT molecular complexity index is 111. The van der Waals surface area contributed by atoms with Crippen molar-refractivity contribution in [2.45, 2.75) is 0 Å². The molecular formula is C6H13N2O2P. The molecule has 0 N–H and O–H groups in total. The van der Waals surface area contributed by atoms with E-state index < -0.39 is 0 Å². The molecule has 0 fully saturated rings. The first-order valence-electron chi connectivity index (χ1n) is 3.20. The molecule has 11 heavy (non-hydrogen) atoms. The van der Waals surface area contributed by atoms with E-state index in [0.29, 0.717) is 0 Å². The third-order valence-electron chi connectivity index (χ3n) is 0.975. The van der Waals surface area contributed by atoms with Gasteiger partial charge in [0, 0.05) is 0 Å². The van der Waals surface area contributed by atoms with Gasteiger partial charge in [0.2, 0.25) is 0 Å². The van der Waals surface area contributed by atoms with E-state index in [4.69, 9.17) is 0 Å². The highest BCUT2D eigenvalue weighted by molar-refractivity contribution is 6.92. The molecule has 0 aromatic carbocycles. The van der Waals surface area contributed by atoms with E-state index in [1.165, 1.54) is 12.8 Å². The summed E-state index contributed by atoms with van der Waals surface area (Å²) in [6.45, 7) is 3.25. The van der Waals surface area contributed by atoms with Crippen molar-refractivity contribution in [2.75, 3.05) is 26.3 Å². The van der Waals surface area contributed by atoms with Crippen LogP contribution in [0.15, 0.2) is 9.98 Å². The van der Waals surface area contributed by atoms with Crippen molar-refractivity contribution in [2.24, 2.45) is 9.98 Å². The molecule has 0 saturated heterocycles. The van der Waals surface area contributed by atoms with E-state index in [1.807, 2.05) is 0 Å². The van der Waals surface area contributed by atoms with Gasteiger partial charge in [-0.2, -0.15) is 9.90 Å². The van der Waals surface area contributed by atoms with Crippen molar-refractivity contribution < 1.29 is 9.47 Å². The van der Waals surface area contributed by atoms with Crippen LogP contribution in [0.1, 0.15) is 0 Å². The summed E-state index contributed by atoms with van der Waals surface area (Å²) in [5.74, 6) is 0. The molecule has 0 bridgehead atoms. The monoisotopic (exact) mass is 176 g/mol. The summed E-state index contributed by atoms with van der Waals surface area (Å²) in [5.41, 5.74) is 0. The van der Waals surface area contributed by atoms with Gasteiger partial charge in [-0.15, -0.1) is 0 Å². The highest BCUT2D eigenvalue weighted by Gasteiger charge is 1.85. The van der Waals surface area contributed by atoms with E-state index >= 15 is 0 Å². The highest BCUT2D eigenvalue weighted by Crippen LogP contribution is 1.79. The molecule has 4 nitrogen and oxygen atoms in total. The third-order valence-corrected chi connectivity index (χ3v) is 0.975. The van der Waals surface area contributed by atoms with Gasteiger partial charge in [0.25, 0.3) is 0 Å². The van der Waals surface area contributed by atoms with E-state index in [0.717, 1.165) is 26.3 Å². The fraction of sp³-hybridized carbons (Fsp3) is 0.667. The van der Waals surface area contributed by atoms with Gasteiger partial charge in [0.05, 0.1) is 13.1 Å². The Morgan fingerprint density at radius 3 is 1.45 bits per heavy atom. The minimum Gasteiger partial charge on any atom is -0.482 e. The average Bonchev–Trinajstić information content (AvgIpc) is 2.67. The molecule has 2 heterocycles. The average molecular weight is 176 g/mol. The lowest BCUT2D eigenvalue weighted by atomic mass is 10.8. The molecule has 1 unspecified atom stereocenters. The molecule has 0 spiro atoms. The van der Waals surface area contributed by atoms with Crippen LogP contribution in [0.3, 0.4) is 0 Å². The number of hydrogen-bond donors (Lipinski definition) is 0. The maximum absolute atomic E-state index is 4.65. The van der Waals surface area contributed by atoms with Gasteiger partial charge in [0.1, 0.15) is 13.2 Å². The van der Waals surface area contributed by atoms with E-state index in [9.17, 15) is 0 Å². The van der Waals surface area contributed by atoms with Crippen molar-refractivity contribution in [3.8, 4) is 0 Å². The van der Waals surface area contributed by atoms with Crippen LogP contribution in [0.25, 0.3) is 0 Å². The maximum atomic E-state index is 4.65. The Morgan fingerprint density at radius 1 is 0.909 bits per heavy atom. The van der Waals surface area contributed by atoms with Crippen LogP contribution in [0.2, 0.25) is 0 Å². The standard InChI is InChI=1S/2C3H5NO.H3P/c2*1-2-5-3-4-1;/h2*3H,1-2H2;1H3. The van der Waals surface area contributed by atoms with Crippen LogP contribution in [0.4, 0.5) is 0 Å². The number of nitrogens with zero attached hydrogens (tertiary/aromatic N) is 2. The van der Waals surface area contributed by atoms with Crippen LogP contribution in [0.5, 0.6) is 0 Å². The first kappa shape index (κ1) is 10.4. The quantitative estimate of drug-likeness (QED) is 0.493. The fourth-order valence-corrected chi connectivity index (χ4v) is 0.527. The summed E-state index contributed by atoms with van der Waals surface area (Å²) >= 11 is 0. The Hall–Kier alpha value is -0.630. The predicted octanol–water partition coefficient (Wildman–Crippen LogP) is 0.148. The molecule has 64 valence electrons. The van der Waals surface area contributed by atoms with Crippen molar-refractivity contribution in [1.82, 2.24) is 0 Å². The molecule has 2 rings (SSSR count). The topological polar surface area (TPSA) is 43.2 Å². The third kappa shape index (κ3) is 5.80. The maximum Gasteiger partial charge on any atom is 0.169 e. The SMILES string of the molecule is C1=NCCO1.C1=NCCO1.P. The van der Waals surface area contributed by atoms with Gasteiger partial charge in [-0.1, -0.05) is 0 Å². The van der Waals surface area contributed by atoms with Crippen molar-refractivity contribution in [3.63, 3.8) is 0 Å². The highest BCUT2D eigenvalue weighted by atomic mass is 31.0. The van der Waals surface area contributed by atoms with E-state index in [-0.39, 0.29) is 9.90 Å². The molecule has 0 aliphatic carbocycles. The zero-order valence-corrected chi connectivity index (χ0v) is 7.82. The van der Waals surface area contributed by atoms with Crippen molar-refractivity contribution >= 4 is 22.7 Å². The summed E-state index contributed by atoms with van der Waals surface area (Å²) in [6.07, 6.45) is 2.97. The smallest absolute Gasteiger partial charge is 0.169 e. The second kappa shape index (κ2) is 7.48. The minimum absolute atomic E-state index is 0. The first-order chi connectivity index (χ1) is 5.00. The predicted molar refractivity (Wildman–Crippen MR) is 49.7 cm³/mol. The number of hydrogen-bond acceptors (Lipinski definition) is 4. The van der Waals surface area contributed by atoms with Crippen molar-refractivity contribution in [3.05, 3.63) is 0 Å². The van der Waals surface area contributed by atoms with Crippen LogP contribution in [-0.2, 0) is 9.47 Å². The van der Waals surface area contributed by atoms with Crippen molar-refractivity contribution in [1.29, 1.82) is 0 Å². The summed E-state index contributed by atoms with van der Waals surface area (Å²) in [7, 11) is 0. The summed E-state index contributed by atoms with van der Waals surface area (Å²) < 4.78 is 9.31. The zero-order chi connectivity index (χ0) is 7.07. The molecule has 1 atom stereocenters. The number of ether oxygens (including phenoxy) is 2. The van der Waals surface area contributed by atoms with Crippen LogP contribution >= 0.6 is 9.90 Å². The zero-order valence-electron chi connectivity index (χ0n) is 6.40. The first-order valence-corrected chi connectivity index (χ1v) is 3.20. The number of aliphatic imine (C=N–C) groups is 2. The molecule has 0 aromatic rings. The normalized spacial score (nSPS) is 17.5. The lowest BCUT2D eigenvalue weighted by Gasteiger charge is -1.76. The van der Waals surface area contributed by atoms with Crippen LogP contribution < -0.4 is 0 Å². The largest absolute Gasteiger partial charge is 0.482 e. The fourth-order valence-electron chi connectivity index (χ4n) is 0.527. The Kier molecular flexibility index (Phi) is 7.05. The van der Waals surface area contributed by atoms with Gasteiger partial charge >= 0.3 is 0 Å². The Labute approximate surface area is 69.3 Å². The molecule has 2 aliphatic heterocycles. The van der Waals surface area contributed by atoms with E-state index in [1.54, 1.807) is 0 Å². The minimum atomic E-state index is 0. The molecule has 0 amide bonds. The van der Waals surface area contributed by atoms with Gasteiger partial charge in [-0.25, -0.2) is 0 Å². The summed E-state index contributed by atoms with van der Waals surface area (Å²) in [6, 6.07) is 0. The van der Waals surface area contributed by atoms with Crippen LogP contribution in [0, 0.1) is 0 Å². The van der Waals surface area contributed by atoms with Gasteiger partial charge < -0.3 is 9.47 Å². The Morgan fingerprint density at radius 2 is 1.36 bits per heavy atom. The molecule has 0 saturated carbocycles. The molecule has 0 aromatic heterocycles. The van der Waals surface area contributed by atoms with Gasteiger partial charge in [-0.3, -0.25) is 9.98 Å². The molecule has 5 heteroatoms. The lowest BCUT2D eigenvalue weighted by molar-refractivity contribution is 0.361. The second-order valence-corrected chi connectivity index (χ2v) is 1.76. The molecule has 0 radical (unpaired) electrons. The van der Waals surface area contributed by atoms with Gasteiger partial charge in [0.15, 0.2) is 12.8 Å². The molecule has 2 aliphatic rings. The van der Waals surface area contributed by atoms with Gasteiger partial charge in [-0.05, 0) is 0 Å². The Balaban J connectivity index is 0.000000167. The molecular weight excluding hydrogens is 163 g/mol. The summed E-state index contributed by atoms with van der Waals surface area (Å²) in [4.78, 5) is 7.47. The summed E-state index contributed by atoms with van der Waals surface area (Å²) in [5, 5.41) is 0. The van der Waals surface area contributed by atoms with E-state index in [2.05, 4.69) is 19.5 Å². The van der Waals surface area contributed by atoms with Crippen LogP contribution in [-0.4, -0.2) is 39.1 Å². The second-order valence-electron chi connectivity index (χ2n) is 1.76. The lowest BCUT2D eigenvalue weighted by Crippen LogP contribution is -1.80.